The maximum Gasteiger partial charge on any atom is 0.252 e. The van der Waals surface area contributed by atoms with Crippen molar-refractivity contribution in [2.75, 3.05) is 9.80 Å². The zero-order valence-corrected chi connectivity index (χ0v) is 41.2. The first-order valence-electron chi connectivity index (χ1n) is 23.7. The van der Waals surface area contributed by atoms with Crippen molar-refractivity contribution in [3.05, 3.63) is 148 Å². The number of aryl methyl sites for hydroxylation is 2. The number of rotatable bonds is 3. The molecule has 0 amide bonds. The molecule has 4 aliphatic rings. The van der Waals surface area contributed by atoms with Crippen LogP contribution in [0.15, 0.2) is 103 Å². The summed E-state index contributed by atoms with van der Waals surface area (Å²) < 4.78 is 0. The van der Waals surface area contributed by atoms with Crippen LogP contribution in [0.5, 0.6) is 0 Å². The first kappa shape index (κ1) is 42.0. The molecule has 0 saturated heterocycles. The highest BCUT2D eigenvalue weighted by molar-refractivity contribution is 7.00. The third-order valence-electron chi connectivity index (χ3n) is 15.7. The van der Waals surface area contributed by atoms with Gasteiger partial charge in [0.15, 0.2) is 0 Å². The Bertz CT molecular complexity index is 2890. The van der Waals surface area contributed by atoms with Gasteiger partial charge in [-0.3, -0.25) is 0 Å². The Hall–Kier alpha value is -5.02. The first-order valence-corrected chi connectivity index (χ1v) is 23.7. The summed E-state index contributed by atoms with van der Waals surface area (Å²) >= 11 is 0. The quantitative estimate of drug-likeness (QED) is 0.164. The molecule has 63 heavy (non-hydrogen) atoms. The lowest BCUT2D eigenvalue weighted by molar-refractivity contribution is 0.403. The van der Waals surface area contributed by atoms with Crippen LogP contribution in [0.4, 0.5) is 34.1 Å². The summed E-state index contributed by atoms with van der Waals surface area (Å²) in [4.78, 5) is 5.36. The van der Waals surface area contributed by atoms with Crippen molar-refractivity contribution < 1.29 is 0 Å². The molecule has 0 N–H and O–H groups in total. The van der Waals surface area contributed by atoms with Gasteiger partial charge < -0.3 is 9.80 Å². The Kier molecular flexibility index (Phi) is 8.84. The van der Waals surface area contributed by atoms with E-state index in [-0.39, 0.29) is 39.2 Å². The van der Waals surface area contributed by atoms with Gasteiger partial charge in [-0.25, -0.2) is 0 Å². The van der Waals surface area contributed by atoms with Crippen LogP contribution in [0.1, 0.15) is 154 Å². The fourth-order valence-electron chi connectivity index (χ4n) is 13.0. The van der Waals surface area contributed by atoms with Crippen LogP contribution >= 0.6 is 0 Å². The van der Waals surface area contributed by atoms with Crippen molar-refractivity contribution in [1.29, 1.82) is 0 Å². The molecular formula is C60H69BN2. The molecule has 6 aromatic rings. The van der Waals surface area contributed by atoms with Crippen molar-refractivity contribution in [2.45, 2.75) is 156 Å². The number of benzene rings is 6. The van der Waals surface area contributed by atoms with E-state index >= 15 is 0 Å². The third-order valence-corrected chi connectivity index (χ3v) is 15.7. The summed E-state index contributed by atoms with van der Waals surface area (Å²) in [7, 11) is 0. The molecule has 2 heterocycles. The zero-order valence-electron chi connectivity index (χ0n) is 41.2. The maximum absolute atomic E-state index is 2.69. The second-order valence-corrected chi connectivity index (χ2v) is 24.7. The lowest BCUT2D eigenvalue weighted by atomic mass is 9.33. The van der Waals surface area contributed by atoms with E-state index in [9.17, 15) is 0 Å². The molecule has 2 aliphatic carbocycles. The van der Waals surface area contributed by atoms with E-state index in [1.165, 1.54) is 106 Å². The average molecular weight is 829 g/mol. The minimum Gasteiger partial charge on any atom is -0.311 e. The minimum atomic E-state index is -0.000891. The first-order chi connectivity index (χ1) is 29.3. The van der Waals surface area contributed by atoms with E-state index in [1.54, 1.807) is 0 Å². The molecule has 322 valence electrons. The molecular weight excluding hydrogens is 759 g/mol. The molecule has 0 radical (unpaired) electrons. The Balaban J connectivity index is 1.36. The third kappa shape index (κ3) is 6.33. The molecule has 0 atom stereocenters. The Morgan fingerprint density at radius 2 is 0.873 bits per heavy atom. The van der Waals surface area contributed by atoms with Crippen molar-refractivity contribution in [1.82, 2.24) is 0 Å². The molecule has 0 aromatic heterocycles. The predicted molar refractivity (Wildman–Crippen MR) is 274 cm³/mol. The molecule has 0 saturated carbocycles. The van der Waals surface area contributed by atoms with Gasteiger partial charge in [0, 0.05) is 34.0 Å². The van der Waals surface area contributed by atoms with Gasteiger partial charge in [-0.2, -0.15) is 0 Å². The zero-order chi connectivity index (χ0) is 45.1. The van der Waals surface area contributed by atoms with Crippen molar-refractivity contribution >= 4 is 57.2 Å². The number of fused-ring (bicyclic) bond motifs is 6. The maximum atomic E-state index is 2.69. The van der Waals surface area contributed by atoms with Gasteiger partial charge in [-0.1, -0.05) is 158 Å². The highest BCUT2D eigenvalue weighted by Gasteiger charge is 2.50. The van der Waals surface area contributed by atoms with E-state index in [4.69, 9.17) is 0 Å². The Morgan fingerprint density at radius 3 is 1.33 bits per heavy atom. The fraction of sp³-hybridized carbons (Fsp3) is 0.400. The summed E-state index contributed by atoms with van der Waals surface area (Å²) in [6, 6.07) is 41.3. The normalized spacial score (nSPS) is 18.4. The molecule has 0 spiro atoms. The van der Waals surface area contributed by atoms with Crippen LogP contribution < -0.4 is 26.2 Å². The molecule has 2 nitrogen and oxygen atoms in total. The van der Waals surface area contributed by atoms with E-state index < -0.39 is 0 Å². The molecule has 0 fully saturated rings. The van der Waals surface area contributed by atoms with Crippen LogP contribution in [0.25, 0.3) is 11.1 Å². The van der Waals surface area contributed by atoms with E-state index in [2.05, 4.69) is 224 Å². The van der Waals surface area contributed by atoms with Crippen LogP contribution in [0, 0.1) is 13.8 Å². The molecule has 2 aliphatic heterocycles. The SMILES string of the molecule is Cc1cc2c3c(c1)N(c1ccc(C(C)(C)C)cc1-c1ccccc1)c1cc4c(cc1B3c1cc3c(cc1N2c1ccc(C(C)(C)C)cc1C)C(C)(C)CC3(C)C)C(C)(C)CC4(C)C. The molecule has 10 rings (SSSR count). The van der Waals surface area contributed by atoms with E-state index in [1.807, 2.05) is 0 Å². The van der Waals surface area contributed by atoms with Gasteiger partial charge in [0.05, 0.1) is 5.69 Å². The predicted octanol–water partition coefficient (Wildman–Crippen LogP) is 14.6. The second-order valence-electron chi connectivity index (χ2n) is 24.7. The van der Waals surface area contributed by atoms with Crippen LogP contribution in [-0.4, -0.2) is 6.71 Å². The fourth-order valence-corrected chi connectivity index (χ4v) is 13.0. The van der Waals surface area contributed by atoms with Crippen LogP contribution in [-0.2, 0) is 32.5 Å². The molecule has 0 bridgehead atoms. The van der Waals surface area contributed by atoms with Crippen molar-refractivity contribution in [3.63, 3.8) is 0 Å². The monoisotopic (exact) mass is 829 g/mol. The Labute approximate surface area is 380 Å². The van der Waals surface area contributed by atoms with Crippen molar-refractivity contribution in [3.8, 4) is 11.1 Å². The summed E-state index contributed by atoms with van der Waals surface area (Å²) in [5.41, 5.74) is 26.1. The standard InChI is InChI=1S/C60H69BN2/c1-36-26-52-54-53(27-36)63(49-25-23-40(56(6,7)8)29-41(49)38-20-18-17-19-21-38)51-33-45-43(58(11,12)35-60(45,15)16)31-47(51)61(54)46-30-42-44(59(13,14)34-57(42,9)10)32-50(46)62(52)48-24-22-39(28-37(48)2)55(3,4)5/h17-33H,34-35H2,1-16H3. The van der Waals surface area contributed by atoms with E-state index in [0.717, 1.165) is 12.8 Å². The lowest BCUT2D eigenvalue weighted by Crippen LogP contribution is -2.62. The molecule has 3 heteroatoms. The van der Waals surface area contributed by atoms with Gasteiger partial charge in [0.25, 0.3) is 6.71 Å². The van der Waals surface area contributed by atoms with Crippen molar-refractivity contribution in [2.24, 2.45) is 0 Å². The smallest absolute Gasteiger partial charge is 0.252 e. The molecule has 6 aromatic carbocycles. The highest BCUT2D eigenvalue weighted by Crippen LogP contribution is 2.56. The average Bonchev–Trinajstić information content (AvgIpc) is 3.49. The second kappa shape index (κ2) is 13.3. The Morgan fingerprint density at radius 1 is 0.444 bits per heavy atom. The van der Waals surface area contributed by atoms with Crippen LogP contribution in [0.2, 0.25) is 0 Å². The summed E-state index contributed by atoms with van der Waals surface area (Å²) in [5, 5.41) is 0. The van der Waals surface area contributed by atoms with Gasteiger partial charge >= 0.3 is 0 Å². The molecule has 0 unspecified atom stereocenters. The lowest BCUT2D eigenvalue weighted by Gasteiger charge is -2.46. The summed E-state index contributed by atoms with van der Waals surface area (Å²) in [5.74, 6) is 0. The van der Waals surface area contributed by atoms with E-state index in [0.29, 0.717) is 0 Å². The topological polar surface area (TPSA) is 6.48 Å². The van der Waals surface area contributed by atoms with Gasteiger partial charge in [-0.05, 0) is 168 Å². The minimum absolute atomic E-state index is 0.000891. The summed E-state index contributed by atoms with van der Waals surface area (Å²) in [6.07, 6.45) is 2.26. The van der Waals surface area contributed by atoms with Gasteiger partial charge in [0.2, 0.25) is 0 Å². The number of hydrogen-bond donors (Lipinski definition) is 0. The van der Waals surface area contributed by atoms with Crippen LogP contribution in [0.3, 0.4) is 0 Å². The number of hydrogen-bond acceptors (Lipinski definition) is 2. The summed E-state index contributed by atoms with van der Waals surface area (Å²) in [6.45, 7) is 38.5. The number of nitrogens with zero attached hydrogens (tertiary/aromatic N) is 2. The van der Waals surface area contributed by atoms with Gasteiger partial charge in [-0.15, -0.1) is 0 Å². The number of anilines is 6. The highest BCUT2D eigenvalue weighted by atomic mass is 15.2. The largest absolute Gasteiger partial charge is 0.311 e. The van der Waals surface area contributed by atoms with Gasteiger partial charge in [0.1, 0.15) is 0 Å².